The van der Waals surface area contributed by atoms with E-state index >= 15 is 0 Å². The molecular weight excluding hydrogens is 777 g/mol. The van der Waals surface area contributed by atoms with Gasteiger partial charge in [-0.1, -0.05) is 273 Å². The van der Waals surface area contributed by atoms with Crippen molar-refractivity contribution in [3.63, 3.8) is 0 Å². The van der Waals surface area contributed by atoms with E-state index in [2.05, 4.69) is 273 Å². The molecule has 9 rings (SSSR count). The smallest absolute Gasteiger partial charge is 0.0134 e. The van der Waals surface area contributed by atoms with Crippen molar-refractivity contribution in [3.05, 3.63) is 273 Å². The van der Waals surface area contributed by atoms with Crippen LogP contribution in [0.15, 0.2) is 273 Å². The Morgan fingerprint density at radius 2 is 0.224 bits per heavy atom. The lowest BCUT2D eigenvalue weighted by atomic mass is 10.4. The third-order valence-corrected chi connectivity index (χ3v) is 16.5. The summed E-state index contributed by atoms with van der Waals surface area (Å²) in [6.45, 7) is 0. The van der Waals surface area contributed by atoms with Gasteiger partial charge in [-0.25, -0.2) is 0 Å². The maximum Gasteiger partial charge on any atom is -0.0134 e. The lowest BCUT2D eigenvalue weighted by Crippen LogP contribution is -2.20. The van der Waals surface area contributed by atoms with E-state index in [1.165, 1.54) is 47.7 Å². The summed E-state index contributed by atoms with van der Waals surface area (Å²) < 4.78 is 0. The van der Waals surface area contributed by atoms with Crippen LogP contribution >= 0.6 is 36.2 Å². The summed E-state index contributed by atoms with van der Waals surface area (Å²) in [7, 11) is -1.34. The number of hydrogen-bond donors (Lipinski definition) is 0. The first kappa shape index (κ1) is 42.2. The van der Waals surface area contributed by atoms with Crippen LogP contribution in [0.1, 0.15) is 0 Å². The van der Waals surface area contributed by atoms with Gasteiger partial charge < -0.3 is 0 Å². The minimum Gasteiger partial charge on any atom is -0.147 e. The van der Waals surface area contributed by atoms with Gasteiger partial charge in [0.2, 0.25) is 0 Å². The molecule has 0 fully saturated rings. The molecule has 0 amide bonds. The van der Waals surface area contributed by atoms with Gasteiger partial charge >= 0.3 is 0 Å². The average molecular weight is 823 g/mol. The van der Waals surface area contributed by atoms with Crippen molar-refractivity contribution in [3.8, 4) is 0 Å². The Bertz CT molecular complexity index is 1860. The molecule has 0 saturated heterocycles. The van der Waals surface area contributed by atoms with E-state index in [1.807, 2.05) is 0 Å². The van der Waals surface area contributed by atoms with E-state index in [0.717, 1.165) is 0 Å². The molecule has 0 nitrogen and oxygen atoms in total. The summed E-state index contributed by atoms with van der Waals surface area (Å²) >= 11 is 0. The molecule has 0 saturated carbocycles. The van der Waals surface area contributed by atoms with Crippen LogP contribution in [0.3, 0.4) is 0 Å². The molecular formula is C54H46ClP3. The molecule has 0 atom stereocenters. The van der Waals surface area contributed by atoms with Crippen LogP contribution in [0, 0.1) is 0 Å². The monoisotopic (exact) mass is 822 g/mol. The van der Waals surface area contributed by atoms with Crippen molar-refractivity contribution >= 4 is 83.9 Å². The van der Waals surface area contributed by atoms with Crippen LogP contribution in [0.5, 0.6) is 0 Å². The SMILES string of the molecule is Cl.c1ccc(P(c2ccccc2)c2ccccc2)cc1.c1ccc(P(c2ccccc2)c2ccccc2)cc1.c1ccc(P(c2ccccc2)c2ccccc2)cc1. The topological polar surface area (TPSA) is 0 Å². The molecule has 0 radical (unpaired) electrons. The number of benzene rings is 9. The molecule has 9 aromatic rings. The van der Waals surface area contributed by atoms with Gasteiger partial charge in [0.05, 0.1) is 0 Å². The Morgan fingerprint density at radius 3 is 0.310 bits per heavy atom. The summed E-state index contributed by atoms with van der Waals surface area (Å²) in [5.74, 6) is 0. The summed E-state index contributed by atoms with van der Waals surface area (Å²) in [6.07, 6.45) is 0. The second-order valence-electron chi connectivity index (χ2n) is 13.0. The highest BCUT2D eigenvalue weighted by Gasteiger charge is 2.17. The van der Waals surface area contributed by atoms with Gasteiger partial charge in [-0.3, -0.25) is 0 Å². The van der Waals surface area contributed by atoms with E-state index in [1.54, 1.807) is 0 Å². The van der Waals surface area contributed by atoms with Gasteiger partial charge in [0.1, 0.15) is 0 Å². The number of hydrogen-bond acceptors (Lipinski definition) is 0. The lowest BCUT2D eigenvalue weighted by molar-refractivity contribution is 1.74. The van der Waals surface area contributed by atoms with E-state index in [-0.39, 0.29) is 12.4 Å². The van der Waals surface area contributed by atoms with Crippen LogP contribution in [-0.4, -0.2) is 0 Å². The fraction of sp³-hybridized carbons (Fsp3) is 0. The van der Waals surface area contributed by atoms with Crippen molar-refractivity contribution in [1.29, 1.82) is 0 Å². The van der Waals surface area contributed by atoms with E-state index in [0.29, 0.717) is 0 Å². The third kappa shape index (κ3) is 11.8. The minimum atomic E-state index is -0.446. The van der Waals surface area contributed by atoms with E-state index in [4.69, 9.17) is 0 Å². The first-order valence-electron chi connectivity index (χ1n) is 19.2. The summed E-state index contributed by atoms with van der Waals surface area (Å²) in [6, 6.07) is 97.0. The van der Waals surface area contributed by atoms with E-state index < -0.39 is 23.8 Å². The first-order valence-corrected chi connectivity index (χ1v) is 23.2. The normalized spacial score (nSPS) is 10.4. The zero-order valence-corrected chi connectivity index (χ0v) is 35.7. The molecule has 0 aliphatic rings. The van der Waals surface area contributed by atoms with Crippen LogP contribution in [-0.2, 0) is 0 Å². The van der Waals surface area contributed by atoms with Crippen molar-refractivity contribution in [2.75, 3.05) is 0 Å². The van der Waals surface area contributed by atoms with Crippen molar-refractivity contribution in [2.45, 2.75) is 0 Å². The summed E-state index contributed by atoms with van der Waals surface area (Å²) in [5, 5.41) is 12.6. The van der Waals surface area contributed by atoms with Crippen LogP contribution < -0.4 is 47.7 Å². The summed E-state index contributed by atoms with van der Waals surface area (Å²) in [5.41, 5.74) is 0. The standard InChI is InChI=1S/3C18H15P.ClH/c3*1-4-10-16(11-5-1)19(17-12-6-2-7-13-17)18-14-8-3-9-15-18;/h3*1-15H;1H. The zero-order chi connectivity index (χ0) is 38.7. The first-order chi connectivity index (χ1) is 28.3. The van der Waals surface area contributed by atoms with Crippen LogP contribution in [0.25, 0.3) is 0 Å². The average Bonchev–Trinajstić information content (AvgIpc) is 3.30. The van der Waals surface area contributed by atoms with Crippen LogP contribution in [0.4, 0.5) is 0 Å². The zero-order valence-electron chi connectivity index (χ0n) is 32.2. The highest BCUT2D eigenvalue weighted by Crippen LogP contribution is 2.34. The minimum absolute atomic E-state index is 0. The third-order valence-electron chi connectivity index (χ3n) is 9.13. The number of halogens is 1. The fourth-order valence-corrected chi connectivity index (χ4v) is 13.5. The van der Waals surface area contributed by atoms with Crippen molar-refractivity contribution < 1.29 is 0 Å². The Labute approximate surface area is 355 Å². The molecule has 284 valence electrons. The quantitative estimate of drug-likeness (QED) is 0.127. The Morgan fingerprint density at radius 1 is 0.138 bits per heavy atom. The van der Waals surface area contributed by atoms with Crippen molar-refractivity contribution in [2.24, 2.45) is 0 Å². The van der Waals surface area contributed by atoms with Gasteiger partial charge in [0.15, 0.2) is 0 Å². The molecule has 0 aliphatic heterocycles. The van der Waals surface area contributed by atoms with E-state index in [9.17, 15) is 0 Å². The van der Waals surface area contributed by atoms with Gasteiger partial charge in [0, 0.05) is 0 Å². The maximum absolute atomic E-state index is 2.23. The molecule has 0 bridgehead atoms. The molecule has 4 heteroatoms. The molecule has 0 unspecified atom stereocenters. The lowest BCUT2D eigenvalue weighted by Gasteiger charge is -2.18. The molecule has 0 spiro atoms. The Kier molecular flexibility index (Phi) is 16.8. The molecule has 0 N–H and O–H groups in total. The molecule has 0 heterocycles. The van der Waals surface area contributed by atoms with Gasteiger partial charge in [-0.2, -0.15) is 0 Å². The molecule has 9 aromatic carbocycles. The summed E-state index contributed by atoms with van der Waals surface area (Å²) in [4.78, 5) is 0. The Balaban J connectivity index is 0.000000145. The van der Waals surface area contributed by atoms with Crippen molar-refractivity contribution in [1.82, 2.24) is 0 Å². The molecule has 58 heavy (non-hydrogen) atoms. The number of rotatable bonds is 9. The fourth-order valence-electron chi connectivity index (χ4n) is 6.54. The predicted molar refractivity (Wildman–Crippen MR) is 263 cm³/mol. The van der Waals surface area contributed by atoms with Crippen LogP contribution in [0.2, 0.25) is 0 Å². The highest BCUT2D eigenvalue weighted by atomic mass is 35.5. The van der Waals surface area contributed by atoms with Gasteiger partial charge in [-0.05, 0) is 71.5 Å². The van der Waals surface area contributed by atoms with Gasteiger partial charge in [0.25, 0.3) is 0 Å². The largest absolute Gasteiger partial charge is 0.147 e. The second-order valence-corrected chi connectivity index (χ2v) is 19.7. The Hall–Kier alpha value is -5.44. The molecule has 0 aliphatic carbocycles. The second kappa shape index (κ2) is 23.1. The maximum atomic E-state index is 2.23. The highest BCUT2D eigenvalue weighted by molar-refractivity contribution is 7.80. The predicted octanol–water partition coefficient (Wildman–Crippen LogP) is 10.8. The molecule has 0 aromatic heterocycles. The van der Waals surface area contributed by atoms with Gasteiger partial charge in [-0.15, -0.1) is 12.4 Å².